The van der Waals surface area contributed by atoms with Crippen LogP contribution < -0.4 is 0 Å². The van der Waals surface area contributed by atoms with Gasteiger partial charge in [0.2, 0.25) is 0 Å². The predicted octanol–water partition coefficient (Wildman–Crippen LogP) is 3.80. The summed E-state index contributed by atoms with van der Waals surface area (Å²) >= 11 is 3.46. The van der Waals surface area contributed by atoms with Gasteiger partial charge in [-0.2, -0.15) is 0 Å². The molecule has 0 bridgehead atoms. The number of fused-ring (bicyclic) bond motifs is 3. The number of aromatic nitrogens is 1. The van der Waals surface area contributed by atoms with Crippen molar-refractivity contribution in [2.24, 2.45) is 7.05 Å². The van der Waals surface area contributed by atoms with Crippen molar-refractivity contribution in [3.05, 3.63) is 41.0 Å². The minimum atomic E-state index is 0.319. The van der Waals surface area contributed by atoms with Crippen LogP contribution >= 0.6 is 15.9 Å². The second-order valence-electron chi connectivity index (χ2n) is 3.96. The SMILES string of the molecule is Cn1cc2c(ccc3cc(Br)ccc32)c1O. The van der Waals surface area contributed by atoms with Crippen LogP contribution in [0.5, 0.6) is 5.88 Å². The van der Waals surface area contributed by atoms with Gasteiger partial charge in [-0.25, -0.2) is 0 Å². The molecular weight excluding hydrogens is 266 g/mol. The predicted molar refractivity (Wildman–Crippen MR) is 69.8 cm³/mol. The highest BCUT2D eigenvalue weighted by Crippen LogP contribution is 2.33. The molecule has 3 heteroatoms. The molecule has 0 aliphatic carbocycles. The Bertz CT molecular complexity index is 700. The van der Waals surface area contributed by atoms with Gasteiger partial charge in [0.15, 0.2) is 5.88 Å². The average Bonchev–Trinajstić information content (AvgIpc) is 2.55. The molecule has 2 aromatic carbocycles. The Morgan fingerprint density at radius 3 is 2.62 bits per heavy atom. The molecule has 16 heavy (non-hydrogen) atoms. The van der Waals surface area contributed by atoms with Crippen LogP contribution in [0, 0.1) is 0 Å². The molecule has 0 saturated carbocycles. The first kappa shape index (κ1) is 9.73. The number of rotatable bonds is 0. The number of hydrogen-bond acceptors (Lipinski definition) is 1. The van der Waals surface area contributed by atoms with Crippen LogP contribution in [-0.4, -0.2) is 9.67 Å². The minimum Gasteiger partial charge on any atom is -0.494 e. The van der Waals surface area contributed by atoms with Gasteiger partial charge in [0.25, 0.3) is 0 Å². The standard InChI is InChI=1S/C13H10BrNO/c1-15-7-12-10-5-3-9(14)6-8(10)2-4-11(12)13(15)16/h2-7,16H,1H3. The van der Waals surface area contributed by atoms with Crippen molar-refractivity contribution in [1.82, 2.24) is 4.57 Å². The zero-order chi connectivity index (χ0) is 11.3. The van der Waals surface area contributed by atoms with Crippen LogP contribution in [0.15, 0.2) is 41.0 Å². The van der Waals surface area contributed by atoms with Gasteiger partial charge >= 0.3 is 0 Å². The highest BCUT2D eigenvalue weighted by molar-refractivity contribution is 9.10. The third kappa shape index (κ3) is 1.25. The molecular formula is C13H10BrNO. The van der Waals surface area contributed by atoms with Crippen molar-refractivity contribution < 1.29 is 5.11 Å². The summed E-state index contributed by atoms with van der Waals surface area (Å²) in [5.74, 6) is 0.319. The van der Waals surface area contributed by atoms with E-state index >= 15 is 0 Å². The minimum absolute atomic E-state index is 0.319. The van der Waals surface area contributed by atoms with Crippen LogP contribution in [0.1, 0.15) is 0 Å². The summed E-state index contributed by atoms with van der Waals surface area (Å²) in [7, 11) is 1.85. The lowest BCUT2D eigenvalue weighted by atomic mass is 10.1. The van der Waals surface area contributed by atoms with E-state index in [1.54, 1.807) is 4.57 Å². The van der Waals surface area contributed by atoms with E-state index < -0.39 is 0 Å². The third-order valence-corrected chi connectivity index (χ3v) is 3.41. The average molecular weight is 276 g/mol. The van der Waals surface area contributed by atoms with Gasteiger partial charge < -0.3 is 9.67 Å². The number of benzene rings is 2. The van der Waals surface area contributed by atoms with E-state index in [1.165, 1.54) is 5.39 Å². The Labute approximate surface area is 101 Å². The van der Waals surface area contributed by atoms with E-state index in [4.69, 9.17) is 0 Å². The molecule has 0 unspecified atom stereocenters. The van der Waals surface area contributed by atoms with Crippen molar-refractivity contribution in [1.29, 1.82) is 0 Å². The molecule has 0 saturated heterocycles. The van der Waals surface area contributed by atoms with Gasteiger partial charge in [0, 0.05) is 28.5 Å². The molecule has 0 amide bonds. The summed E-state index contributed by atoms with van der Waals surface area (Å²) in [5, 5.41) is 14.2. The van der Waals surface area contributed by atoms with Crippen LogP contribution in [0.4, 0.5) is 0 Å². The molecule has 3 rings (SSSR count). The van der Waals surface area contributed by atoms with Gasteiger partial charge in [-0.3, -0.25) is 0 Å². The summed E-state index contributed by atoms with van der Waals surface area (Å²) in [6.07, 6.45) is 1.96. The molecule has 0 spiro atoms. The maximum atomic E-state index is 9.87. The lowest BCUT2D eigenvalue weighted by Crippen LogP contribution is -1.80. The normalized spacial score (nSPS) is 11.4. The van der Waals surface area contributed by atoms with Crippen LogP contribution in [0.3, 0.4) is 0 Å². The van der Waals surface area contributed by atoms with E-state index in [0.717, 1.165) is 20.6 Å². The van der Waals surface area contributed by atoms with Gasteiger partial charge in [-0.05, 0) is 29.0 Å². The van der Waals surface area contributed by atoms with Crippen LogP contribution in [-0.2, 0) is 7.05 Å². The van der Waals surface area contributed by atoms with Crippen molar-refractivity contribution >= 4 is 37.5 Å². The smallest absolute Gasteiger partial charge is 0.198 e. The number of nitrogens with zero attached hydrogens (tertiary/aromatic N) is 1. The van der Waals surface area contributed by atoms with E-state index in [0.29, 0.717) is 5.88 Å². The molecule has 1 aromatic heterocycles. The van der Waals surface area contributed by atoms with Gasteiger partial charge in [0.05, 0.1) is 0 Å². The lowest BCUT2D eigenvalue weighted by Gasteiger charge is -2.00. The molecule has 0 aliphatic rings. The summed E-state index contributed by atoms with van der Waals surface area (Å²) < 4.78 is 2.81. The van der Waals surface area contributed by atoms with E-state index in [2.05, 4.69) is 28.1 Å². The Morgan fingerprint density at radius 2 is 1.81 bits per heavy atom. The van der Waals surface area contributed by atoms with Crippen molar-refractivity contribution in [2.75, 3.05) is 0 Å². The highest BCUT2D eigenvalue weighted by atomic mass is 79.9. The maximum absolute atomic E-state index is 9.87. The van der Waals surface area contributed by atoms with E-state index in [9.17, 15) is 5.11 Å². The molecule has 0 aliphatic heterocycles. The summed E-state index contributed by atoms with van der Waals surface area (Å²) in [4.78, 5) is 0. The highest BCUT2D eigenvalue weighted by Gasteiger charge is 2.08. The summed E-state index contributed by atoms with van der Waals surface area (Å²) in [6.45, 7) is 0. The van der Waals surface area contributed by atoms with Gasteiger partial charge in [0.1, 0.15) is 0 Å². The Kier molecular flexibility index (Phi) is 1.98. The quantitative estimate of drug-likeness (QED) is 0.663. The van der Waals surface area contributed by atoms with E-state index in [1.807, 2.05) is 31.4 Å². The maximum Gasteiger partial charge on any atom is 0.198 e. The lowest BCUT2D eigenvalue weighted by molar-refractivity contribution is 0.438. The zero-order valence-corrected chi connectivity index (χ0v) is 10.3. The third-order valence-electron chi connectivity index (χ3n) is 2.92. The number of halogens is 1. The molecule has 3 aromatic rings. The van der Waals surface area contributed by atoms with Crippen LogP contribution in [0.2, 0.25) is 0 Å². The van der Waals surface area contributed by atoms with Crippen molar-refractivity contribution in [2.45, 2.75) is 0 Å². The first-order valence-electron chi connectivity index (χ1n) is 5.03. The van der Waals surface area contributed by atoms with Crippen molar-refractivity contribution in [3.8, 4) is 5.88 Å². The fraction of sp³-hybridized carbons (Fsp3) is 0.0769. The second kappa shape index (κ2) is 3.25. The fourth-order valence-electron chi connectivity index (χ4n) is 2.10. The monoisotopic (exact) mass is 275 g/mol. The zero-order valence-electron chi connectivity index (χ0n) is 8.74. The largest absolute Gasteiger partial charge is 0.494 e. The molecule has 80 valence electrons. The first-order valence-corrected chi connectivity index (χ1v) is 5.82. The van der Waals surface area contributed by atoms with Crippen molar-refractivity contribution in [3.63, 3.8) is 0 Å². The number of hydrogen-bond donors (Lipinski definition) is 1. The molecule has 0 atom stereocenters. The Hall–Kier alpha value is -1.48. The van der Waals surface area contributed by atoms with Gasteiger partial charge in [-0.1, -0.05) is 28.1 Å². The molecule has 0 radical (unpaired) electrons. The Balaban J connectivity index is 2.54. The van der Waals surface area contributed by atoms with Crippen LogP contribution in [0.25, 0.3) is 21.5 Å². The van der Waals surface area contributed by atoms with E-state index in [-0.39, 0.29) is 0 Å². The number of aryl methyl sites for hydroxylation is 1. The molecule has 1 N–H and O–H groups in total. The Morgan fingerprint density at radius 1 is 1.06 bits per heavy atom. The first-order chi connectivity index (χ1) is 7.66. The molecule has 1 heterocycles. The number of aromatic hydroxyl groups is 1. The second-order valence-corrected chi connectivity index (χ2v) is 4.87. The summed E-state index contributed by atoms with van der Waals surface area (Å²) in [6, 6.07) is 10.2. The topological polar surface area (TPSA) is 25.2 Å². The summed E-state index contributed by atoms with van der Waals surface area (Å²) in [5.41, 5.74) is 0. The fourth-order valence-corrected chi connectivity index (χ4v) is 2.48. The van der Waals surface area contributed by atoms with Gasteiger partial charge in [-0.15, -0.1) is 0 Å². The molecule has 2 nitrogen and oxygen atoms in total. The molecule has 0 fully saturated rings.